The first-order valence-corrected chi connectivity index (χ1v) is 4.69. The molecule has 1 aromatic rings. The first kappa shape index (κ1) is 12.2. The minimum Gasteiger partial charge on any atom is -0.480 e. The number of aromatic amines is 1. The van der Waals surface area contributed by atoms with Gasteiger partial charge in [0.05, 0.1) is 12.5 Å². The van der Waals surface area contributed by atoms with Crippen molar-refractivity contribution in [3.05, 3.63) is 18.0 Å². The van der Waals surface area contributed by atoms with Crippen molar-refractivity contribution in [3.63, 3.8) is 0 Å². The molecule has 7 nitrogen and oxygen atoms in total. The summed E-state index contributed by atoms with van der Waals surface area (Å²) in [5.41, 5.74) is 0.576. The average molecular weight is 227 g/mol. The highest BCUT2D eigenvalue weighted by atomic mass is 16.4. The number of aliphatic carboxylic acids is 1. The molecule has 1 rings (SSSR count). The molecule has 0 radical (unpaired) electrons. The van der Waals surface area contributed by atoms with Crippen LogP contribution in [0.3, 0.4) is 0 Å². The van der Waals surface area contributed by atoms with Gasteiger partial charge >= 0.3 is 5.97 Å². The fourth-order valence-corrected chi connectivity index (χ4v) is 1.17. The van der Waals surface area contributed by atoms with Crippen molar-refractivity contribution in [3.8, 4) is 0 Å². The van der Waals surface area contributed by atoms with Gasteiger partial charge in [-0.3, -0.25) is 9.89 Å². The van der Waals surface area contributed by atoms with Crippen LogP contribution in [0.25, 0.3) is 0 Å². The van der Waals surface area contributed by atoms with E-state index in [1.807, 2.05) is 0 Å². The Balaban J connectivity index is 2.52. The molecule has 0 spiro atoms. The number of amides is 1. The van der Waals surface area contributed by atoms with Crippen LogP contribution in [-0.4, -0.2) is 44.4 Å². The standard InChI is InChI=1S/C9H13N3O4/c1-5(13)8(9(15)16)11-7(14)4-6-2-3-10-12-6/h2-3,5,8,13H,4H2,1H3,(H,10,12)(H,11,14)(H,15,16)/t5-,8+/m1/s1. The maximum absolute atomic E-state index is 11.4. The van der Waals surface area contributed by atoms with Crippen LogP contribution in [0, 0.1) is 0 Å². The summed E-state index contributed by atoms with van der Waals surface area (Å²) >= 11 is 0. The molecule has 4 N–H and O–H groups in total. The molecule has 0 aliphatic rings. The molecule has 1 aromatic heterocycles. The minimum absolute atomic E-state index is 0.00347. The summed E-state index contributed by atoms with van der Waals surface area (Å²) in [5.74, 6) is -1.76. The summed E-state index contributed by atoms with van der Waals surface area (Å²) < 4.78 is 0. The third-order valence-electron chi connectivity index (χ3n) is 1.97. The Labute approximate surface area is 91.5 Å². The van der Waals surface area contributed by atoms with Crippen LogP contribution in [0.2, 0.25) is 0 Å². The number of carbonyl (C=O) groups is 2. The van der Waals surface area contributed by atoms with Gasteiger partial charge in [-0.25, -0.2) is 4.79 Å². The molecule has 1 heterocycles. The summed E-state index contributed by atoms with van der Waals surface area (Å²) in [6.07, 6.45) is 0.339. The smallest absolute Gasteiger partial charge is 0.328 e. The summed E-state index contributed by atoms with van der Waals surface area (Å²) in [6, 6.07) is 0.313. The van der Waals surface area contributed by atoms with Gasteiger partial charge in [0.25, 0.3) is 0 Å². The van der Waals surface area contributed by atoms with E-state index in [0.717, 1.165) is 0 Å². The lowest BCUT2D eigenvalue weighted by Gasteiger charge is -2.16. The number of nitrogens with one attached hydrogen (secondary N) is 2. The topological polar surface area (TPSA) is 115 Å². The van der Waals surface area contributed by atoms with Crippen molar-refractivity contribution < 1.29 is 19.8 Å². The second kappa shape index (κ2) is 5.26. The van der Waals surface area contributed by atoms with Gasteiger partial charge in [-0.15, -0.1) is 0 Å². The van der Waals surface area contributed by atoms with Crippen molar-refractivity contribution in [1.82, 2.24) is 15.5 Å². The number of carboxylic acids is 1. The van der Waals surface area contributed by atoms with E-state index >= 15 is 0 Å². The van der Waals surface area contributed by atoms with Crippen molar-refractivity contribution >= 4 is 11.9 Å². The second-order valence-electron chi connectivity index (χ2n) is 3.38. The van der Waals surface area contributed by atoms with Crippen LogP contribution in [0.15, 0.2) is 12.3 Å². The lowest BCUT2D eigenvalue weighted by Crippen LogP contribution is -2.48. The van der Waals surface area contributed by atoms with Crippen LogP contribution in [0.4, 0.5) is 0 Å². The highest BCUT2D eigenvalue weighted by Crippen LogP contribution is 1.97. The molecule has 0 aliphatic carbocycles. The maximum atomic E-state index is 11.4. The Hall–Kier alpha value is -1.89. The third kappa shape index (κ3) is 3.35. The maximum Gasteiger partial charge on any atom is 0.328 e. The zero-order chi connectivity index (χ0) is 12.1. The highest BCUT2D eigenvalue weighted by Gasteiger charge is 2.24. The number of carbonyl (C=O) groups excluding carboxylic acids is 1. The number of H-pyrrole nitrogens is 1. The highest BCUT2D eigenvalue weighted by molar-refractivity contribution is 5.84. The SMILES string of the molecule is C[C@@H](O)[C@H](NC(=O)Cc1ccn[nH]1)C(=O)O. The van der Waals surface area contributed by atoms with Crippen LogP contribution >= 0.6 is 0 Å². The predicted molar refractivity (Wildman–Crippen MR) is 53.5 cm³/mol. The van der Waals surface area contributed by atoms with Gasteiger partial charge in [0.1, 0.15) is 0 Å². The molecule has 2 atom stereocenters. The second-order valence-corrected chi connectivity index (χ2v) is 3.38. The van der Waals surface area contributed by atoms with E-state index in [9.17, 15) is 9.59 Å². The summed E-state index contributed by atoms with van der Waals surface area (Å²) in [7, 11) is 0. The number of rotatable bonds is 5. The van der Waals surface area contributed by atoms with E-state index in [2.05, 4.69) is 15.5 Å². The van der Waals surface area contributed by atoms with Crippen LogP contribution in [-0.2, 0) is 16.0 Å². The van der Waals surface area contributed by atoms with Gasteiger partial charge in [0.2, 0.25) is 5.91 Å². The molecule has 0 saturated carbocycles. The van der Waals surface area contributed by atoms with E-state index < -0.39 is 24.0 Å². The molecule has 0 bridgehead atoms. The van der Waals surface area contributed by atoms with Crippen LogP contribution in [0.5, 0.6) is 0 Å². The quantitative estimate of drug-likeness (QED) is 0.509. The molecule has 0 aromatic carbocycles. The zero-order valence-corrected chi connectivity index (χ0v) is 8.67. The number of aromatic nitrogens is 2. The van der Waals surface area contributed by atoms with Crippen molar-refractivity contribution in [2.45, 2.75) is 25.5 Å². The fraction of sp³-hybridized carbons (Fsp3) is 0.444. The average Bonchev–Trinajstić information content (AvgIpc) is 2.65. The van der Waals surface area contributed by atoms with Gasteiger partial charge in [-0.2, -0.15) is 5.10 Å². The molecule has 1 amide bonds. The molecule has 0 aliphatic heterocycles. The molecule has 88 valence electrons. The number of aliphatic hydroxyl groups excluding tert-OH is 1. The summed E-state index contributed by atoms with van der Waals surface area (Å²) in [6.45, 7) is 1.30. The van der Waals surface area contributed by atoms with Gasteiger partial charge in [-0.1, -0.05) is 0 Å². The summed E-state index contributed by atoms with van der Waals surface area (Å²) in [5, 5.41) is 26.3. The fourth-order valence-electron chi connectivity index (χ4n) is 1.17. The van der Waals surface area contributed by atoms with Crippen molar-refractivity contribution in [2.24, 2.45) is 0 Å². The van der Waals surface area contributed by atoms with Gasteiger partial charge in [0, 0.05) is 11.9 Å². The Morgan fingerprint density at radius 1 is 1.62 bits per heavy atom. The number of hydrogen-bond donors (Lipinski definition) is 4. The predicted octanol–water partition coefficient (Wildman–Crippen LogP) is -1.10. The normalized spacial score (nSPS) is 14.1. The minimum atomic E-state index is -1.30. The lowest BCUT2D eigenvalue weighted by atomic mass is 10.1. The van der Waals surface area contributed by atoms with Gasteiger partial charge in [0.15, 0.2) is 6.04 Å². The first-order valence-electron chi connectivity index (χ1n) is 4.69. The van der Waals surface area contributed by atoms with Crippen molar-refractivity contribution in [2.75, 3.05) is 0 Å². The van der Waals surface area contributed by atoms with E-state index in [1.165, 1.54) is 13.1 Å². The molecule has 0 fully saturated rings. The Morgan fingerprint density at radius 2 is 2.31 bits per heavy atom. The number of nitrogens with zero attached hydrogens (tertiary/aromatic N) is 1. The Morgan fingerprint density at radius 3 is 2.75 bits per heavy atom. The molecule has 16 heavy (non-hydrogen) atoms. The van der Waals surface area contributed by atoms with Gasteiger partial charge in [-0.05, 0) is 13.0 Å². The number of hydrogen-bond acceptors (Lipinski definition) is 4. The monoisotopic (exact) mass is 227 g/mol. The van der Waals surface area contributed by atoms with Crippen LogP contribution < -0.4 is 5.32 Å². The third-order valence-corrected chi connectivity index (χ3v) is 1.97. The molecular formula is C9H13N3O4. The van der Waals surface area contributed by atoms with Crippen molar-refractivity contribution in [1.29, 1.82) is 0 Å². The van der Waals surface area contributed by atoms with E-state index in [0.29, 0.717) is 5.69 Å². The van der Waals surface area contributed by atoms with Crippen LogP contribution in [0.1, 0.15) is 12.6 Å². The van der Waals surface area contributed by atoms with Gasteiger partial charge < -0.3 is 15.5 Å². The van der Waals surface area contributed by atoms with E-state index in [4.69, 9.17) is 10.2 Å². The summed E-state index contributed by atoms with van der Waals surface area (Å²) in [4.78, 5) is 22.1. The Bertz CT molecular complexity index is 361. The first-order chi connectivity index (χ1) is 7.50. The number of aliphatic hydroxyl groups is 1. The molecule has 0 saturated heterocycles. The largest absolute Gasteiger partial charge is 0.480 e. The molecule has 0 unspecified atom stereocenters. The lowest BCUT2D eigenvalue weighted by molar-refractivity contribution is -0.144. The Kier molecular flexibility index (Phi) is 4.01. The molecule has 7 heteroatoms. The van der Waals surface area contributed by atoms with E-state index in [-0.39, 0.29) is 6.42 Å². The van der Waals surface area contributed by atoms with E-state index in [1.54, 1.807) is 6.07 Å². The molecular weight excluding hydrogens is 214 g/mol. The number of carboxylic acid groups (broad SMARTS) is 1. The zero-order valence-electron chi connectivity index (χ0n) is 8.67.